The van der Waals surface area contributed by atoms with E-state index in [2.05, 4.69) is 0 Å². The summed E-state index contributed by atoms with van der Waals surface area (Å²) in [5, 5.41) is 98.5. The molecular formula is C26H38O14. The van der Waals surface area contributed by atoms with Gasteiger partial charge in [-0.05, 0) is 26.2 Å². The average Bonchev–Trinajstić information content (AvgIpc) is 3.10. The minimum absolute atomic E-state index is 0.0994. The van der Waals surface area contributed by atoms with Crippen LogP contribution < -0.4 is 0 Å². The first kappa shape index (κ1) is 28.8. The van der Waals surface area contributed by atoms with E-state index in [0.29, 0.717) is 5.57 Å². The van der Waals surface area contributed by atoms with Crippen molar-refractivity contribution in [3.63, 3.8) is 0 Å². The average molecular weight is 575 g/mol. The van der Waals surface area contributed by atoms with E-state index in [4.69, 9.17) is 18.9 Å². The fourth-order valence-corrected chi connectivity index (χ4v) is 9.15. The van der Waals surface area contributed by atoms with Crippen molar-refractivity contribution < 1.29 is 69.7 Å². The van der Waals surface area contributed by atoms with E-state index in [1.807, 2.05) is 0 Å². The first-order chi connectivity index (χ1) is 18.6. The number of rotatable bonds is 3. The normalized spacial score (nSPS) is 60.9. The second-order valence-electron chi connectivity index (χ2n) is 12.8. The predicted octanol–water partition coefficient (Wildman–Crippen LogP) is -4.34. The monoisotopic (exact) mass is 574 g/mol. The van der Waals surface area contributed by atoms with Gasteiger partial charge in [-0.25, -0.2) is 4.79 Å². The number of aliphatic hydroxyl groups is 9. The maximum Gasteiger partial charge on any atom is 0.338 e. The molecule has 0 aromatic heterocycles. The van der Waals surface area contributed by atoms with E-state index in [0.717, 1.165) is 0 Å². The van der Waals surface area contributed by atoms with Crippen molar-refractivity contribution in [1.82, 2.24) is 0 Å². The van der Waals surface area contributed by atoms with Gasteiger partial charge in [-0.1, -0.05) is 18.6 Å². The van der Waals surface area contributed by atoms with Crippen molar-refractivity contribution in [2.75, 3.05) is 13.2 Å². The first-order valence-electron chi connectivity index (χ1n) is 13.6. The van der Waals surface area contributed by atoms with Gasteiger partial charge in [-0.3, -0.25) is 0 Å². The van der Waals surface area contributed by atoms with E-state index in [1.54, 1.807) is 19.9 Å². The Balaban J connectivity index is 1.44. The zero-order valence-corrected chi connectivity index (χ0v) is 22.3. The standard InChI is InChI=1S/C26H38O14/c1-8-4-10(38-22-15(30)14(29)13(28)11(6-27)39-22)18(32)23(2)9(8)5-12-25-7-37-24(3,19(33)16(31)17(23)25)26(25,36)20(34)21(35)40-12/h4,9-20,22,27-34,36H,5-7H2,1-3H3/t9-,10+,11-,12-,13-,14-,15-,16+,17+,18+,19+,20+,22-,23-,24+,25+,26-/m1/s1. The van der Waals surface area contributed by atoms with Crippen molar-refractivity contribution >= 4 is 5.97 Å². The predicted molar refractivity (Wildman–Crippen MR) is 128 cm³/mol. The number of aliphatic hydroxyl groups excluding tert-OH is 8. The molecule has 6 aliphatic rings. The number of allylic oxidation sites excluding steroid dienone is 1. The minimum atomic E-state index is -2.38. The lowest BCUT2D eigenvalue weighted by atomic mass is 9.36. The van der Waals surface area contributed by atoms with Gasteiger partial charge < -0.3 is 64.9 Å². The smallest absolute Gasteiger partial charge is 0.338 e. The molecule has 3 heterocycles. The fraction of sp³-hybridized carbons (Fsp3) is 0.885. The maximum atomic E-state index is 12.8. The zero-order valence-electron chi connectivity index (χ0n) is 22.3. The summed E-state index contributed by atoms with van der Waals surface area (Å²) in [6.07, 6.45) is -15.4. The Morgan fingerprint density at radius 3 is 2.33 bits per heavy atom. The molecule has 2 saturated carbocycles. The Labute approximate surface area is 229 Å². The summed E-state index contributed by atoms with van der Waals surface area (Å²) in [6, 6.07) is 0. The first-order valence-corrected chi connectivity index (χ1v) is 13.6. The second-order valence-corrected chi connectivity index (χ2v) is 12.8. The van der Waals surface area contributed by atoms with Crippen LogP contribution in [0, 0.1) is 22.7 Å². The van der Waals surface area contributed by atoms with Gasteiger partial charge >= 0.3 is 5.97 Å². The molecule has 3 aliphatic carbocycles. The van der Waals surface area contributed by atoms with Gasteiger partial charge in [0.1, 0.15) is 53.9 Å². The molecule has 6 rings (SSSR count). The largest absolute Gasteiger partial charge is 0.460 e. The van der Waals surface area contributed by atoms with Crippen LogP contribution in [0.2, 0.25) is 0 Å². The van der Waals surface area contributed by atoms with Crippen LogP contribution in [-0.4, -0.2) is 144 Å². The van der Waals surface area contributed by atoms with E-state index in [-0.39, 0.29) is 13.0 Å². The third-order valence-electron chi connectivity index (χ3n) is 11.2. The number of carbonyl (C=O) groups excluding carboxylic acids is 1. The summed E-state index contributed by atoms with van der Waals surface area (Å²) in [7, 11) is 0. The topological polar surface area (TPSA) is 236 Å². The summed E-state index contributed by atoms with van der Waals surface area (Å²) in [5.74, 6) is -2.83. The molecule has 9 N–H and O–H groups in total. The summed E-state index contributed by atoms with van der Waals surface area (Å²) in [6.45, 7) is 3.75. The molecule has 40 heavy (non-hydrogen) atoms. The van der Waals surface area contributed by atoms with Gasteiger partial charge in [-0.2, -0.15) is 0 Å². The van der Waals surface area contributed by atoms with Crippen LogP contribution in [0.1, 0.15) is 27.2 Å². The fourth-order valence-electron chi connectivity index (χ4n) is 9.15. The molecule has 17 atom stereocenters. The number of fused-ring (bicyclic) bond motifs is 2. The van der Waals surface area contributed by atoms with Gasteiger partial charge in [0.05, 0.1) is 30.8 Å². The van der Waals surface area contributed by atoms with Crippen molar-refractivity contribution in [2.45, 2.75) is 106 Å². The number of ether oxygens (including phenoxy) is 4. The molecule has 3 aliphatic heterocycles. The summed E-state index contributed by atoms with van der Waals surface area (Å²) >= 11 is 0. The molecular weight excluding hydrogens is 536 g/mol. The van der Waals surface area contributed by atoms with Crippen LogP contribution in [0.4, 0.5) is 0 Å². The third kappa shape index (κ3) is 3.06. The van der Waals surface area contributed by atoms with E-state index < -0.39 is 114 Å². The molecule has 2 bridgehead atoms. The van der Waals surface area contributed by atoms with E-state index in [9.17, 15) is 50.8 Å². The van der Waals surface area contributed by atoms with Crippen LogP contribution in [0.5, 0.6) is 0 Å². The lowest BCUT2D eigenvalue weighted by Gasteiger charge is -2.71. The Hall–Kier alpha value is -1.27. The SMILES string of the molecule is CC1=C[C@H](O[C@@H]2O[C@H](CO)[C@@H](O)[C@@H](O)[C@H]2O)[C@H](O)[C@]2(C)[C@@H]1C[C@H]1OC(=O)[C@H](O)[C@]3(O)[C@@]14CO[C@@]3(C)[C@@H](O)[C@@H](O)[C@@H]24. The number of esters is 1. The molecule has 226 valence electrons. The quantitative estimate of drug-likeness (QED) is 0.114. The maximum absolute atomic E-state index is 12.8. The van der Waals surface area contributed by atoms with E-state index >= 15 is 0 Å². The Kier molecular flexibility index (Phi) is 6.40. The summed E-state index contributed by atoms with van der Waals surface area (Å²) < 4.78 is 23.0. The van der Waals surface area contributed by atoms with Crippen molar-refractivity contribution in [3.05, 3.63) is 11.6 Å². The number of carbonyl (C=O) groups is 1. The number of hydrogen-bond acceptors (Lipinski definition) is 14. The molecule has 5 fully saturated rings. The second kappa shape index (κ2) is 8.88. The Bertz CT molecular complexity index is 1100. The summed E-state index contributed by atoms with van der Waals surface area (Å²) in [5.41, 5.74) is -6.66. The third-order valence-corrected chi connectivity index (χ3v) is 11.2. The van der Waals surface area contributed by atoms with Crippen LogP contribution in [0.25, 0.3) is 0 Å². The van der Waals surface area contributed by atoms with Crippen LogP contribution in [-0.2, 0) is 23.7 Å². The molecule has 14 nitrogen and oxygen atoms in total. The summed E-state index contributed by atoms with van der Waals surface area (Å²) in [4.78, 5) is 12.8. The molecule has 0 amide bonds. The highest BCUT2D eigenvalue weighted by Gasteiger charge is 2.88. The highest BCUT2D eigenvalue weighted by Crippen LogP contribution is 2.73. The lowest BCUT2D eigenvalue weighted by molar-refractivity contribution is -0.361. The Morgan fingerprint density at radius 1 is 1.00 bits per heavy atom. The Morgan fingerprint density at radius 2 is 1.68 bits per heavy atom. The van der Waals surface area contributed by atoms with Crippen molar-refractivity contribution in [1.29, 1.82) is 0 Å². The minimum Gasteiger partial charge on any atom is -0.460 e. The molecule has 1 spiro atoms. The molecule has 3 saturated heterocycles. The zero-order chi connectivity index (χ0) is 29.3. The van der Waals surface area contributed by atoms with Gasteiger partial charge in [0.2, 0.25) is 0 Å². The highest BCUT2D eigenvalue weighted by atomic mass is 16.7. The van der Waals surface area contributed by atoms with Crippen LogP contribution in [0.15, 0.2) is 11.6 Å². The molecule has 0 unspecified atom stereocenters. The molecule has 14 heteroatoms. The van der Waals surface area contributed by atoms with Crippen LogP contribution >= 0.6 is 0 Å². The molecule has 0 radical (unpaired) electrons. The van der Waals surface area contributed by atoms with Gasteiger partial charge in [-0.15, -0.1) is 0 Å². The highest BCUT2D eigenvalue weighted by molar-refractivity contribution is 5.79. The van der Waals surface area contributed by atoms with Gasteiger partial charge in [0.25, 0.3) is 0 Å². The van der Waals surface area contributed by atoms with E-state index in [1.165, 1.54) is 6.92 Å². The lowest BCUT2D eigenvalue weighted by Crippen LogP contribution is -2.86. The van der Waals surface area contributed by atoms with Crippen molar-refractivity contribution in [2.24, 2.45) is 22.7 Å². The number of hydrogen-bond donors (Lipinski definition) is 9. The van der Waals surface area contributed by atoms with Gasteiger partial charge in [0, 0.05) is 11.3 Å². The molecule has 0 aromatic rings. The van der Waals surface area contributed by atoms with Crippen molar-refractivity contribution in [3.8, 4) is 0 Å². The molecule has 0 aromatic carbocycles. The van der Waals surface area contributed by atoms with Gasteiger partial charge in [0.15, 0.2) is 12.4 Å². The van der Waals surface area contributed by atoms with Crippen LogP contribution in [0.3, 0.4) is 0 Å².